The average molecular weight is 641 g/mol. The van der Waals surface area contributed by atoms with Crippen molar-refractivity contribution >= 4 is 39.1 Å². The van der Waals surface area contributed by atoms with E-state index in [4.69, 9.17) is 16.7 Å². The molecule has 2 aliphatic rings. The van der Waals surface area contributed by atoms with Gasteiger partial charge in [0, 0.05) is 69.1 Å². The van der Waals surface area contributed by atoms with Gasteiger partial charge in [-0.25, -0.2) is 13.2 Å². The van der Waals surface area contributed by atoms with Crippen molar-refractivity contribution in [2.24, 2.45) is 0 Å². The molecule has 0 aliphatic carbocycles. The average Bonchev–Trinajstić information content (AvgIpc) is 3.30. The number of carbonyl (C=O) groups is 1. The Morgan fingerprint density at radius 2 is 1.74 bits per heavy atom. The van der Waals surface area contributed by atoms with Crippen molar-refractivity contribution in [3.63, 3.8) is 0 Å². The van der Waals surface area contributed by atoms with E-state index in [1.807, 2.05) is 4.68 Å². The lowest BCUT2D eigenvalue weighted by molar-refractivity contribution is -0.137. The number of fused-ring (bicyclic) bond motifs is 1. The Morgan fingerprint density at radius 1 is 1.05 bits per heavy atom. The molecule has 232 valence electrons. The number of aromatic nitrogens is 2. The Balaban J connectivity index is 1.25. The lowest BCUT2D eigenvalue weighted by Crippen LogP contribution is -2.47. The first-order valence-electron chi connectivity index (χ1n) is 13.8. The van der Waals surface area contributed by atoms with Crippen molar-refractivity contribution in [2.45, 2.75) is 32.1 Å². The predicted octanol–water partition coefficient (Wildman–Crippen LogP) is 4.84. The van der Waals surface area contributed by atoms with Gasteiger partial charge in [-0.15, -0.1) is 0 Å². The maximum atomic E-state index is 13.1. The van der Waals surface area contributed by atoms with Crippen LogP contribution in [0.4, 0.5) is 29.3 Å². The fourth-order valence-electron chi connectivity index (χ4n) is 5.65. The summed E-state index contributed by atoms with van der Waals surface area (Å²) in [6.45, 7) is 4.59. The number of rotatable bonds is 8. The number of nitrogens with one attached hydrogen (secondary N) is 1. The minimum atomic E-state index is -4.45. The van der Waals surface area contributed by atoms with Crippen LogP contribution in [0.1, 0.15) is 23.2 Å². The Morgan fingerprint density at radius 3 is 2.37 bits per heavy atom. The van der Waals surface area contributed by atoms with Crippen molar-refractivity contribution in [1.82, 2.24) is 19.6 Å². The van der Waals surface area contributed by atoms with Crippen LogP contribution in [-0.2, 0) is 35.7 Å². The highest BCUT2D eigenvalue weighted by Crippen LogP contribution is 2.36. The van der Waals surface area contributed by atoms with Gasteiger partial charge in [0.25, 0.3) is 0 Å². The van der Waals surface area contributed by atoms with Gasteiger partial charge in [-0.1, -0.05) is 29.8 Å². The first kappa shape index (κ1) is 31.0. The number of sulfonamides is 1. The molecule has 10 nitrogen and oxygen atoms in total. The molecule has 3 heterocycles. The molecule has 0 spiro atoms. The molecule has 1 aromatic heterocycles. The van der Waals surface area contributed by atoms with E-state index in [1.54, 1.807) is 18.2 Å². The van der Waals surface area contributed by atoms with Crippen LogP contribution in [0.5, 0.6) is 0 Å². The number of para-hydroxylation sites is 1. The first-order valence-corrected chi connectivity index (χ1v) is 16.0. The molecule has 0 atom stereocenters. The van der Waals surface area contributed by atoms with E-state index in [0.717, 1.165) is 55.7 Å². The zero-order valence-electron chi connectivity index (χ0n) is 23.4. The number of hydrogen-bond acceptors (Lipinski definition) is 6. The highest BCUT2D eigenvalue weighted by atomic mass is 35.5. The van der Waals surface area contributed by atoms with Crippen LogP contribution in [0.15, 0.2) is 42.5 Å². The normalized spacial score (nSPS) is 16.3. The fraction of sp³-hybridized carbons (Fsp3) is 0.429. The van der Waals surface area contributed by atoms with Crippen molar-refractivity contribution < 1.29 is 31.5 Å². The molecule has 15 heteroatoms. The van der Waals surface area contributed by atoms with E-state index in [0.29, 0.717) is 60.3 Å². The third-order valence-electron chi connectivity index (χ3n) is 7.71. The van der Waals surface area contributed by atoms with Gasteiger partial charge in [-0.05, 0) is 30.7 Å². The summed E-state index contributed by atoms with van der Waals surface area (Å²) in [6.07, 6.45) is -3.18. The molecule has 0 radical (unpaired) electrons. The molecular weight excluding hydrogens is 609 g/mol. The van der Waals surface area contributed by atoms with Crippen molar-refractivity contribution in [3.8, 4) is 11.3 Å². The lowest BCUT2D eigenvalue weighted by Gasteiger charge is -2.37. The number of carboxylic acid groups (broad SMARTS) is 1. The number of anilines is 2. The Bertz CT molecular complexity index is 1590. The number of amides is 1. The Labute approximate surface area is 252 Å². The highest BCUT2D eigenvalue weighted by molar-refractivity contribution is 7.92. The zero-order chi connectivity index (χ0) is 30.9. The molecule has 0 bridgehead atoms. The standard InChI is InChI=1S/C28H32ClF3N6O4S/c1-43(41,42)34-23-5-2-4-22(29)26(23)36-16-14-35(15-17-36)11-3-12-38-24-10-13-37(27(39)40)18-21(24)25(33-38)19-6-8-20(9-7-19)28(30,31)32/h2,4-9,34H,3,10-18H2,1H3,(H,39,40). The largest absolute Gasteiger partial charge is 0.465 e. The number of hydrogen-bond donors (Lipinski definition) is 2. The maximum absolute atomic E-state index is 13.1. The predicted molar refractivity (Wildman–Crippen MR) is 158 cm³/mol. The molecule has 2 aromatic carbocycles. The van der Waals surface area contributed by atoms with Gasteiger partial charge in [0.1, 0.15) is 0 Å². The molecule has 43 heavy (non-hydrogen) atoms. The van der Waals surface area contributed by atoms with Crippen LogP contribution < -0.4 is 9.62 Å². The summed E-state index contributed by atoms with van der Waals surface area (Å²) < 4.78 is 67.4. The summed E-state index contributed by atoms with van der Waals surface area (Å²) >= 11 is 6.45. The van der Waals surface area contributed by atoms with Gasteiger partial charge in [0.15, 0.2) is 0 Å². The van der Waals surface area contributed by atoms with Gasteiger partial charge in [0.2, 0.25) is 10.0 Å². The molecule has 0 unspecified atom stereocenters. The highest BCUT2D eigenvalue weighted by Gasteiger charge is 2.31. The zero-order valence-corrected chi connectivity index (χ0v) is 25.0. The smallest absolute Gasteiger partial charge is 0.416 e. The molecule has 0 saturated carbocycles. The lowest BCUT2D eigenvalue weighted by atomic mass is 10.00. The molecule has 1 fully saturated rings. The molecule has 1 amide bonds. The van der Waals surface area contributed by atoms with E-state index >= 15 is 0 Å². The van der Waals surface area contributed by atoms with E-state index in [-0.39, 0.29) is 6.54 Å². The third-order valence-corrected chi connectivity index (χ3v) is 8.60. The van der Waals surface area contributed by atoms with E-state index in [2.05, 4.69) is 14.5 Å². The summed E-state index contributed by atoms with van der Waals surface area (Å²) in [7, 11) is -3.47. The van der Waals surface area contributed by atoms with Crippen molar-refractivity contribution in [3.05, 3.63) is 64.3 Å². The number of piperazine rings is 1. The van der Waals surface area contributed by atoms with Gasteiger partial charge in [-0.3, -0.25) is 14.3 Å². The SMILES string of the molecule is CS(=O)(=O)Nc1cccc(Cl)c1N1CCN(CCCn2nc(-c3ccc(C(F)(F)F)cc3)c3c2CCN(C(=O)O)C3)CC1. The molecule has 5 rings (SSSR count). The number of benzene rings is 2. The van der Waals surface area contributed by atoms with Gasteiger partial charge in [0.05, 0.1) is 40.5 Å². The maximum Gasteiger partial charge on any atom is 0.416 e. The number of halogens is 4. The molecule has 1 saturated heterocycles. The van der Waals surface area contributed by atoms with Crippen LogP contribution in [0.2, 0.25) is 5.02 Å². The monoisotopic (exact) mass is 640 g/mol. The molecule has 2 aliphatic heterocycles. The van der Waals surface area contributed by atoms with E-state index in [1.165, 1.54) is 17.0 Å². The quantitative estimate of drug-likeness (QED) is 0.363. The summed E-state index contributed by atoms with van der Waals surface area (Å²) in [4.78, 5) is 17.3. The van der Waals surface area contributed by atoms with Gasteiger partial charge >= 0.3 is 12.3 Å². The summed E-state index contributed by atoms with van der Waals surface area (Å²) in [5.74, 6) is 0. The van der Waals surface area contributed by atoms with Crippen LogP contribution in [0.3, 0.4) is 0 Å². The minimum absolute atomic E-state index is 0.126. The van der Waals surface area contributed by atoms with Crippen molar-refractivity contribution in [1.29, 1.82) is 0 Å². The third kappa shape index (κ3) is 7.19. The first-order chi connectivity index (χ1) is 20.3. The second-order valence-electron chi connectivity index (χ2n) is 10.7. The molecule has 2 N–H and O–H groups in total. The van der Waals surface area contributed by atoms with E-state index < -0.39 is 27.9 Å². The van der Waals surface area contributed by atoms with Crippen LogP contribution in [-0.4, -0.2) is 84.7 Å². The van der Waals surface area contributed by atoms with Crippen molar-refractivity contribution in [2.75, 3.05) is 55.1 Å². The van der Waals surface area contributed by atoms with E-state index in [9.17, 15) is 31.5 Å². The number of nitrogens with zero attached hydrogens (tertiary/aromatic N) is 5. The minimum Gasteiger partial charge on any atom is -0.465 e. The molecular formula is C28H32ClF3N6O4S. The second-order valence-corrected chi connectivity index (χ2v) is 12.9. The number of aryl methyl sites for hydroxylation is 1. The Hall–Kier alpha value is -3.49. The van der Waals surface area contributed by atoms with Gasteiger partial charge in [-0.2, -0.15) is 18.3 Å². The fourth-order valence-corrected chi connectivity index (χ4v) is 6.50. The van der Waals surface area contributed by atoms with Crippen LogP contribution >= 0.6 is 11.6 Å². The van der Waals surface area contributed by atoms with Crippen LogP contribution in [0.25, 0.3) is 11.3 Å². The Kier molecular flexibility index (Phi) is 8.82. The summed E-state index contributed by atoms with van der Waals surface area (Å²) in [5, 5.41) is 14.8. The topological polar surface area (TPSA) is 111 Å². The second kappa shape index (κ2) is 12.2. The van der Waals surface area contributed by atoms with Crippen LogP contribution in [0, 0.1) is 0 Å². The summed E-state index contributed by atoms with van der Waals surface area (Å²) in [5.41, 5.74) is 2.98. The molecule has 3 aromatic rings. The number of alkyl halides is 3. The van der Waals surface area contributed by atoms with Gasteiger partial charge < -0.3 is 14.9 Å². The summed E-state index contributed by atoms with van der Waals surface area (Å²) in [6, 6.07) is 9.91.